The Morgan fingerprint density at radius 3 is 2.67 bits per heavy atom. The summed E-state index contributed by atoms with van der Waals surface area (Å²) < 4.78 is 1.56. The molecule has 0 radical (unpaired) electrons. The summed E-state index contributed by atoms with van der Waals surface area (Å²) in [6.07, 6.45) is 4.38. The number of nitrogens with zero attached hydrogens (tertiary/aromatic N) is 7. The predicted molar refractivity (Wildman–Crippen MR) is 135 cm³/mol. The minimum atomic E-state index is -1.21. The maximum atomic E-state index is 13.4. The molecule has 36 heavy (non-hydrogen) atoms. The van der Waals surface area contributed by atoms with Crippen LogP contribution in [0.25, 0.3) is 11.2 Å². The van der Waals surface area contributed by atoms with E-state index in [1.807, 2.05) is 19.1 Å². The van der Waals surface area contributed by atoms with Gasteiger partial charge in [-0.05, 0) is 50.3 Å². The summed E-state index contributed by atoms with van der Waals surface area (Å²) in [5.74, 6) is 0.563. The third-order valence-electron chi connectivity index (χ3n) is 6.76. The molecule has 3 N–H and O–H groups in total. The lowest BCUT2D eigenvalue weighted by atomic mass is 10.0. The molecule has 12 heteroatoms. The Bertz CT molecular complexity index is 1200. The van der Waals surface area contributed by atoms with E-state index < -0.39 is 24.2 Å². The fourth-order valence-electron chi connectivity index (χ4n) is 4.60. The maximum absolute atomic E-state index is 13.4. The normalized spacial score (nSPS) is 23.8. The van der Waals surface area contributed by atoms with Crippen LogP contribution < -0.4 is 5.32 Å². The summed E-state index contributed by atoms with van der Waals surface area (Å²) >= 11 is 1.56. The van der Waals surface area contributed by atoms with E-state index in [1.54, 1.807) is 33.7 Å². The standard InChI is InChI=1S/C24H32N8O3S/c1-3-11-36-24-27-21(26-15-5-6-15)18-22(28-24)32(30-29-18)17-12-16(19(33)20(17)34)23(35)31(4-2)13-14-7-9-25-10-8-14/h7-10,15-17,19-20,33-34H,3-6,11-13H2,1-2H3,(H,26,27,28)/t16-,17+,19+,20-/m1/s1. The molecule has 5 rings (SSSR count). The molecule has 192 valence electrons. The molecule has 0 saturated heterocycles. The first-order valence-electron chi connectivity index (χ1n) is 12.6. The van der Waals surface area contributed by atoms with Crippen molar-refractivity contribution in [2.75, 3.05) is 17.6 Å². The van der Waals surface area contributed by atoms with Crippen LogP contribution in [0.5, 0.6) is 0 Å². The third-order valence-corrected chi connectivity index (χ3v) is 7.81. The number of hydrogen-bond donors (Lipinski definition) is 3. The molecule has 3 heterocycles. The number of hydrogen-bond acceptors (Lipinski definition) is 10. The number of aromatic nitrogens is 6. The number of aliphatic hydroxyl groups is 2. The van der Waals surface area contributed by atoms with Gasteiger partial charge in [-0.15, -0.1) is 5.10 Å². The molecule has 3 aromatic heterocycles. The van der Waals surface area contributed by atoms with Crippen molar-refractivity contribution in [1.82, 2.24) is 34.8 Å². The molecule has 0 bridgehead atoms. The van der Waals surface area contributed by atoms with E-state index >= 15 is 0 Å². The Morgan fingerprint density at radius 1 is 1.19 bits per heavy atom. The van der Waals surface area contributed by atoms with Crippen molar-refractivity contribution in [1.29, 1.82) is 0 Å². The van der Waals surface area contributed by atoms with Crippen LogP contribution in [0.4, 0.5) is 5.82 Å². The molecule has 1 amide bonds. The summed E-state index contributed by atoms with van der Waals surface area (Å²) in [5, 5.41) is 34.6. The van der Waals surface area contributed by atoms with Crippen LogP contribution in [0.15, 0.2) is 29.7 Å². The SMILES string of the molecule is CCCSc1nc(NC2CC2)c2nnn([C@H]3C[C@@H](C(=O)N(CC)Cc4ccncc4)[C@H](O)[C@@H]3O)c2n1. The van der Waals surface area contributed by atoms with Gasteiger partial charge in [0.05, 0.1) is 18.1 Å². The van der Waals surface area contributed by atoms with Crippen molar-refractivity contribution < 1.29 is 15.0 Å². The Hall–Kier alpha value is -2.83. The fraction of sp³-hybridized carbons (Fsp3) is 0.583. The molecule has 2 saturated carbocycles. The number of rotatable bonds is 10. The highest BCUT2D eigenvalue weighted by atomic mass is 32.2. The molecular weight excluding hydrogens is 480 g/mol. The van der Waals surface area contributed by atoms with Crippen LogP contribution in [0.2, 0.25) is 0 Å². The van der Waals surface area contributed by atoms with Crippen LogP contribution in [-0.2, 0) is 11.3 Å². The van der Waals surface area contributed by atoms with Crippen molar-refractivity contribution in [2.24, 2.45) is 5.92 Å². The summed E-state index contributed by atoms with van der Waals surface area (Å²) in [5.41, 5.74) is 1.99. The lowest BCUT2D eigenvalue weighted by molar-refractivity contribution is -0.140. The minimum Gasteiger partial charge on any atom is -0.390 e. The van der Waals surface area contributed by atoms with Crippen molar-refractivity contribution >= 4 is 34.7 Å². The second kappa shape index (κ2) is 10.7. The Kier molecular flexibility index (Phi) is 7.35. The van der Waals surface area contributed by atoms with Gasteiger partial charge in [0.1, 0.15) is 6.10 Å². The van der Waals surface area contributed by atoms with Gasteiger partial charge in [-0.3, -0.25) is 9.78 Å². The van der Waals surface area contributed by atoms with Gasteiger partial charge in [-0.1, -0.05) is 23.9 Å². The lowest BCUT2D eigenvalue weighted by Gasteiger charge is -2.26. The molecule has 4 atom stereocenters. The first-order chi connectivity index (χ1) is 17.5. The largest absolute Gasteiger partial charge is 0.390 e. The van der Waals surface area contributed by atoms with Gasteiger partial charge in [0.25, 0.3) is 0 Å². The molecule has 0 aliphatic heterocycles. The average molecular weight is 513 g/mol. The van der Waals surface area contributed by atoms with Gasteiger partial charge in [0.15, 0.2) is 22.1 Å². The van der Waals surface area contributed by atoms with Crippen molar-refractivity contribution in [3.05, 3.63) is 30.1 Å². The van der Waals surface area contributed by atoms with E-state index in [0.29, 0.717) is 41.3 Å². The lowest BCUT2D eigenvalue weighted by Crippen LogP contribution is -2.40. The highest BCUT2D eigenvalue weighted by molar-refractivity contribution is 7.99. The fourth-order valence-corrected chi connectivity index (χ4v) is 5.29. The van der Waals surface area contributed by atoms with Crippen molar-refractivity contribution in [3.8, 4) is 0 Å². The summed E-state index contributed by atoms with van der Waals surface area (Å²) in [6, 6.07) is 3.47. The molecule has 0 aromatic carbocycles. The number of fused-ring (bicyclic) bond motifs is 1. The molecule has 0 spiro atoms. The van der Waals surface area contributed by atoms with Crippen LogP contribution in [0.3, 0.4) is 0 Å². The van der Waals surface area contributed by atoms with E-state index in [9.17, 15) is 15.0 Å². The molecule has 0 unspecified atom stereocenters. The maximum Gasteiger partial charge on any atom is 0.228 e. The van der Waals surface area contributed by atoms with Crippen molar-refractivity contribution in [3.63, 3.8) is 0 Å². The molecular formula is C24H32N8O3S. The highest BCUT2D eigenvalue weighted by Crippen LogP contribution is 2.38. The Labute approximate surface area is 213 Å². The highest BCUT2D eigenvalue weighted by Gasteiger charge is 2.48. The quantitative estimate of drug-likeness (QED) is 0.273. The molecule has 2 aliphatic carbocycles. The minimum absolute atomic E-state index is 0.197. The van der Waals surface area contributed by atoms with Gasteiger partial charge >= 0.3 is 0 Å². The molecule has 2 fully saturated rings. The van der Waals surface area contributed by atoms with Crippen molar-refractivity contribution in [2.45, 2.75) is 75.5 Å². The first kappa shape index (κ1) is 24.8. The first-order valence-corrected chi connectivity index (χ1v) is 13.5. The average Bonchev–Trinajstić information content (AvgIpc) is 3.54. The van der Waals surface area contributed by atoms with E-state index in [1.165, 1.54) is 0 Å². The monoisotopic (exact) mass is 512 g/mol. The number of nitrogens with one attached hydrogen (secondary N) is 1. The number of anilines is 1. The topological polar surface area (TPSA) is 142 Å². The van der Waals surface area contributed by atoms with E-state index in [0.717, 1.165) is 30.6 Å². The molecule has 3 aromatic rings. The number of amides is 1. The van der Waals surface area contributed by atoms with Gasteiger partial charge in [0.2, 0.25) is 5.91 Å². The van der Waals surface area contributed by atoms with Gasteiger partial charge in [-0.2, -0.15) is 0 Å². The smallest absolute Gasteiger partial charge is 0.228 e. The zero-order valence-electron chi connectivity index (χ0n) is 20.5. The number of carbonyl (C=O) groups excluding carboxylic acids is 1. The summed E-state index contributed by atoms with van der Waals surface area (Å²) in [6.45, 7) is 4.90. The summed E-state index contributed by atoms with van der Waals surface area (Å²) in [7, 11) is 0. The van der Waals surface area contributed by atoms with E-state index in [-0.39, 0.29) is 12.3 Å². The number of carbonyl (C=O) groups is 1. The predicted octanol–water partition coefficient (Wildman–Crippen LogP) is 2.02. The number of pyridine rings is 1. The van der Waals surface area contributed by atoms with Gasteiger partial charge in [-0.25, -0.2) is 14.6 Å². The van der Waals surface area contributed by atoms with Crippen LogP contribution in [0.1, 0.15) is 51.1 Å². The summed E-state index contributed by atoms with van der Waals surface area (Å²) in [4.78, 5) is 28.5. The van der Waals surface area contributed by atoms with E-state index in [4.69, 9.17) is 4.98 Å². The number of aliphatic hydroxyl groups excluding tert-OH is 2. The third kappa shape index (κ3) is 5.02. The molecule has 2 aliphatic rings. The van der Waals surface area contributed by atoms with Crippen LogP contribution in [-0.4, -0.2) is 81.5 Å². The van der Waals surface area contributed by atoms with Gasteiger partial charge < -0.3 is 20.4 Å². The van der Waals surface area contributed by atoms with Gasteiger partial charge in [0, 0.05) is 37.3 Å². The second-order valence-corrected chi connectivity index (χ2v) is 10.5. The Morgan fingerprint density at radius 2 is 1.97 bits per heavy atom. The Balaban J connectivity index is 1.41. The van der Waals surface area contributed by atoms with E-state index in [2.05, 4.69) is 32.5 Å². The zero-order valence-corrected chi connectivity index (χ0v) is 21.3. The second-order valence-electron chi connectivity index (χ2n) is 9.43. The number of thioether (sulfide) groups is 1. The van der Waals surface area contributed by atoms with Crippen LogP contribution >= 0.6 is 11.8 Å². The molecule has 11 nitrogen and oxygen atoms in total. The van der Waals surface area contributed by atoms with Crippen LogP contribution in [0, 0.1) is 5.92 Å². The zero-order chi connectivity index (χ0) is 25.2.